The van der Waals surface area contributed by atoms with Gasteiger partial charge in [0.2, 0.25) is 11.8 Å². The lowest BCUT2D eigenvalue weighted by Crippen LogP contribution is -2.59. The van der Waals surface area contributed by atoms with Crippen LogP contribution in [-0.4, -0.2) is 110 Å². The van der Waals surface area contributed by atoms with Crippen LogP contribution in [0.1, 0.15) is 128 Å². The first-order valence-electron chi connectivity index (χ1n) is 26.6. The zero-order valence-corrected chi connectivity index (χ0v) is 45.6. The molecule has 4 aliphatic rings. The Morgan fingerprint density at radius 2 is 1.62 bits per heavy atom. The van der Waals surface area contributed by atoms with E-state index in [1.165, 1.54) is 34.0 Å². The summed E-state index contributed by atoms with van der Waals surface area (Å²) in [5.74, 6) is -1.45. The zero-order valence-electron chi connectivity index (χ0n) is 43.9. The number of nitrogens with one attached hydrogen (secondary N) is 4. The average Bonchev–Trinajstić information content (AvgIpc) is 4.20. The van der Waals surface area contributed by atoms with Gasteiger partial charge < -0.3 is 34.9 Å². The van der Waals surface area contributed by atoms with Crippen LogP contribution >= 0.6 is 22.7 Å². The Bertz CT molecular complexity index is 2940. The number of hydrogen-bond acceptors (Lipinski definition) is 14. The Hall–Kier alpha value is -6.09. The Kier molecular flexibility index (Phi) is 16.7. The number of fused-ring (bicyclic) bond motifs is 1. The van der Waals surface area contributed by atoms with Gasteiger partial charge in [0.15, 0.2) is 10.8 Å². The molecule has 76 heavy (non-hydrogen) atoms. The van der Waals surface area contributed by atoms with Gasteiger partial charge in [-0.2, -0.15) is 0 Å². The second-order valence-electron chi connectivity index (χ2n) is 21.8. The highest BCUT2D eigenvalue weighted by atomic mass is 32.1. The maximum atomic E-state index is 14.7. The van der Waals surface area contributed by atoms with Crippen LogP contribution in [-0.2, 0) is 35.2 Å². The number of pyridine rings is 1. The fraction of sp³-hybridized carbons (Fsp3) is 0.536. The van der Waals surface area contributed by atoms with E-state index in [9.17, 15) is 33.5 Å². The predicted octanol–water partition coefficient (Wildman–Crippen LogP) is 9.72. The number of aliphatic hydroxyl groups is 1. The van der Waals surface area contributed by atoms with Gasteiger partial charge in [-0.3, -0.25) is 34.8 Å². The van der Waals surface area contributed by atoms with E-state index < -0.39 is 58.7 Å². The monoisotopic (exact) mass is 1080 g/mol. The molecule has 20 heteroatoms. The van der Waals surface area contributed by atoms with Crippen molar-refractivity contribution in [1.29, 1.82) is 0 Å². The van der Waals surface area contributed by atoms with Gasteiger partial charge in [-0.05, 0) is 125 Å². The molecule has 3 saturated carbocycles. The van der Waals surface area contributed by atoms with Crippen molar-refractivity contribution in [3.8, 4) is 27.3 Å². The lowest BCUT2D eigenvalue weighted by molar-refractivity contribution is -0.145. The molecule has 0 spiro atoms. The number of carbonyl (C=O) groups is 5. The number of halogens is 1. The highest BCUT2D eigenvalue weighted by Crippen LogP contribution is 2.43. The van der Waals surface area contributed by atoms with Crippen molar-refractivity contribution in [2.75, 3.05) is 30.4 Å². The summed E-state index contributed by atoms with van der Waals surface area (Å²) in [6.07, 6.45) is 10.1. The number of benzene rings is 2. The Morgan fingerprint density at radius 3 is 2.33 bits per heavy atom. The number of alkyl halides is 1. The van der Waals surface area contributed by atoms with Crippen LogP contribution in [0.15, 0.2) is 54.2 Å². The van der Waals surface area contributed by atoms with Crippen LogP contribution < -0.4 is 26.0 Å². The average molecular weight is 1080 g/mol. The van der Waals surface area contributed by atoms with Gasteiger partial charge in [0, 0.05) is 43.4 Å². The number of nitrogens with zero attached hydrogens (tertiary/aromatic N) is 4. The summed E-state index contributed by atoms with van der Waals surface area (Å²) in [5.41, 5.74) is 4.45. The molecule has 5 N–H and O–H groups in total. The zero-order chi connectivity index (χ0) is 53.8. The van der Waals surface area contributed by atoms with Gasteiger partial charge in [-0.25, -0.2) is 19.2 Å². The minimum absolute atomic E-state index is 0.0186. The molecule has 2 aromatic carbocycles. The van der Waals surface area contributed by atoms with E-state index in [4.69, 9.17) is 14.2 Å². The third kappa shape index (κ3) is 13.2. The molecular weight excluding hydrogens is 1010 g/mol. The first-order chi connectivity index (χ1) is 36.4. The van der Waals surface area contributed by atoms with Gasteiger partial charge in [0.25, 0.3) is 11.8 Å². The van der Waals surface area contributed by atoms with E-state index in [0.29, 0.717) is 48.3 Å². The van der Waals surface area contributed by atoms with Crippen LogP contribution in [0, 0.1) is 19.3 Å². The van der Waals surface area contributed by atoms with E-state index in [1.54, 1.807) is 32.5 Å². The number of rotatable bonds is 21. The number of aliphatic hydroxyl groups excluding tert-OH is 1. The molecule has 3 atom stereocenters. The van der Waals surface area contributed by atoms with E-state index in [1.807, 2.05) is 56.3 Å². The molecular formula is C56H69FN8O9S2. The smallest absolute Gasteiger partial charge is 0.411 e. The number of ether oxygens (including phenoxy) is 3. The Labute approximate surface area is 450 Å². The molecule has 0 unspecified atom stereocenters. The van der Waals surface area contributed by atoms with Gasteiger partial charge in [-0.15, -0.1) is 11.3 Å². The van der Waals surface area contributed by atoms with Gasteiger partial charge in [-0.1, -0.05) is 63.1 Å². The Balaban J connectivity index is 0.737. The number of aryl methyl sites for hydroxylation is 2. The summed E-state index contributed by atoms with van der Waals surface area (Å²) in [7, 11) is 0. The SMILES string of the molecule is Cc1ncc(-c2ccc3nc(NC(=O)C4(OCCCCCCOc5cc(-c6scnc6C)ccc5CNC(=O)[C@@H]5C[C@@H](O)CN5C(=O)[C@@H](NC(=O)C5(F)CC5)C(C)(C)C)CC4)sc3c2)cc1NC(=O)OC1CCCCC1. The largest absolute Gasteiger partial charge is 0.493 e. The maximum Gasteiger partial charge on any atom is 0.411 e. The molecule has 9 rings (SSSR count). The summed E-state index contributed by atoms with van der Waals surface area (Å²) in [6.45, 7) is 9.92. The fourth-order valence-electron chi connectivity index (χ4n) is 9.79. The van der Waals surface area contributed by atoms with Gasteiger partial charge in [0.05, 0.1) is 50.4 Å². The van der Waals surface area contributed by atoms with Crippen molar-refractivity contribution in [2.24, 2.45) is 5.41 Å². The molecule has 0 bridgehead atoms. The van der Waals surface area contributed by atoms with Crippen LogP contribution in [0.25, 0.3) is 31.8 Å². The van der Waals surface area contributed by atoms with E-state index in [-0.39, 0.29) is 44.4 Å². The lowest BCUT2D eigenvalue weighted by atomic mass is 9.85. The van der Waals surface area contributed by atoms with Crippen molar-refractivity contribution in [1.82, 2.24) is 30.5 Å². The molecule has 4 heterocycles. The number of amides is 5. The quantitative estimate of drug-likeness (QED) is 0.0433. The molecule has 17 nitrogen and oxygen atoms in total. The summed E-state index contributed by atoms with van der Waals surface area (Å²) < 4.78 is 33.9. The number of hydrogen-bond donors (Lipinski definition) is 5. The fourth-order valence-corrected chi connectivity index (χ4v) is 11.5. The molecule has 3 aliphatic carbocycles. The van der Waals surface area contributed by atoms with Crippen molar-refractivity contribution in [3.05, 3.63) is 71.1 Å². The van der Waals surface area contributed by atoms with Gasteiger partial charge in [0.1, 0.15) is 29.5 Å². The van der Waals surface area contributed by atoms with Crippen molar-refractivity contribution in [2.45, 2.75) is 167 Å². The number of anilines is 2. The summed E-state index contributed by atoms with van der Waals surface area (Å²) >= 11 is 2.91. The molecule has 1 aliphatic heterocycles. The highest BCUT2D eigenvalue weighted by Gasteiger charge is 2.54. The van der Waals surface area contributed by atoms with E-state index in [0.717, 1.165) is 94.4 Å². The number of carbonyl (C=O) groups excluding carboxylic acids is 5. The molecule has 5 aromatic rings. The van der Waals surface area contributed by atoms with Crippen LogP contribution in [0.2, 0.25) is 0 Å². The number of likely N-dealkylation sites (tertiary alicyclic amines) is 1. The first-order valence-corrected chi connectivity index (χ1v) is 28.3. The third-order valence-electron chi connectivity index (χ3n) is 14.8. The molecule has 0 radical (unpaired) electrons. The maximum absolute atomic E-state index is 14.7. The van der Waals surface area contributed by atoms with Gasteiger partial charge >= 0.3 is 6.09 Å². The first kappa shape index (κ1) is 54.7. The summed E-state index contributed by atoms with van der Waals surface area (Å²) in [4.78, 5) is 82.7. The normalized spacial score (nSPS) is 19.2. The molecule has 1 saturated heterocycles. The molecule has 5 amide bonds. The second-order valence-corrected chi connectivity index (χ2v) is 23.7. The summed E-state index contributed by atoms with van der Waals surface area (Å²) in [6, 6.07) is 11.5. The van der Waals surface area contributed by atoms with Crippen LogP contribution in [0.4, 0.5) is 20.0 Å². The number of thiazole rings is 2. The highest BCUT2D eigenvalue weighted by molar-refractivity contribution is 7.22. The standard InChI is InChI=1S/C56H69FN8O9S2/c1-33-42(62-53(71)74-40-13-9-8-10-14-40)25-38(30-58-33)35-17-18-41-45(27-35)76-52(61-41)64-51(70)56(21-22-56)73-24-12-7-6-11-23-72-44-26-36(46-34(2)60-32-75-46)15-16-37(44)29-59-48(67)43-28-39(66)31-65(43)49(68)47(54(3,4)5)63-50(69)55(57)19-20-55/h15-18,25-27,30,32,39-40,43,47,66H,6-14,19-24,28-29,31H2,1-5H3,(H,59,67)(H,62,71)(H,63,69)(H,61,64,70)/t39-,43+,47-/m1/s1. The minimum Gasteiger partial charge on any atom is -0.493 e. The van der Waals surface area contributed by atoms with Crippen molar-refractivity contribution < 1.29 is 47.7 Å². The van der Waals surface area contributed by atoms with Crippen molar-refractivity contribution >= 4 is 73.4 Å². The predicted molar refractivity (Wildman–Crippen MR) is 290 cm³/mol. The van der Waals surface area contributed by atoms with Crippen LogP contribution in [0.5, 0.6) is 5.75 Å². The molecule has 406 valence electrons. The van der Waals surface area contributed by atoms with Crippen LogP contribution in [0.3, 0.4) is 0 Å². The summed E-state index contributed by atoms with van der Waals surface area (Å²) in [5, 5.41) is 22.6. The minimum atomic E-state index is -1.98. The lowest BCUT2D eigenvalue weighted by Gasteiger charge is -2.35. The van der Waals surface area contributed by atoms with Crippen molar-refractivity contribution in [3.63, 3.8) is 0 Å². The number of β-amino-alcohol motifs (C(OH)–C–C–N with tert-alkyl or cyclic N) is 1. The Morgan fingerprint density at radius 1 is 0.868 bits per heavy atom. The number of aromatic nitrogens is 3. The van der Waals surface area contributed by atoms with E-state index in [2.05, 4.69) is 36.2 Å². The van der Waals surface area contributed by atoms with E-state index >= 15 is 0 Å². The molecule has 3 aromatic heterocycles. The third-order valence-corrected chi connectivity index (χ3v) is 16.7. The number of unbranched alkanes of at least 4 members (excludes halogenated alkanes) is 3. The topological polar surface area (TPSA) is 223 Å². The molecule has 4 fully saturated rings. The second kappa shape index (κ2) is 23.3.